The lowest BCUT2D eigenvalue weighted by atomic mass is 9.79. The Morgan fingerprint density at radius 1 is 0.904 bits per heavy atom. The van der Waals surface area contributed by atoms with Crippen molar-refractivity contribution >= 4 is 40.7 Å². The minimum atomic E-state index is -1.78. The maximum Gasteiger partial charge on any atom is 0.302 e. The van der Waals surface area contributed by atoms with E-state index in [0.717, 1.165) is 0 Å². The molecule has 1 saturated heterocycles. The number of guanidine groups is 1. The average Bonchev–Trinajstić information content (AvgIpc) is 3.56. The van der Waals surface area contributed by atoms with Gasteiger partial charge >= 0.3 is 5.91 Å². The molecular weight excluding hydrogens is 678 g/mol. The van der Waals surface area contributed by atoms with Crippen LogP contribution in [-0.2, 0) is 14.3 Å². The standard InChI is InChI=1S/C36H31N5O11/c37-36-39-33-25(34(48)40-36)38-15-41(33)22-8-4-3-5-17(22)16-9-11-49-14-23-28(45)29(46)30(47)35(51-23)52-31-20(16)13-21-24(32(31)50-12-10-42)27(44)19-7-2-1-6-18(19)26(21)43/h1-9,11,13,16,23,28-30,35,42,45-47H,10,12,14-15H2,(H2,37,40,48). The molecule has 1 amide bonds. The Balaban J connectivity index is 1.38. The topological polar surface area (TPSA) is 235 Å². The van der Waals surface area contributed by atoms with Crippen LogP contribution in [0.4, 0.5) is 5.69 Å². The van der Waals surface area contributed by atoms with Gasteiger partial charge in [0, 0.05) is 33.9 Å². The highest BCUT2D eigenvalue weighted by molar-refractivity contribution is 6.72. The Kier molecular flexibility index (Phi) is 8.39. The van der Waals surface area contributed by atoms with Crippen LogP contribution in [-0.4, -0.2) is 113 Å². The van der Waals surface area contributed by atoms with Gasteiger partial charge in [0.1, 0.15) is 44.3 Å². The molecule has 16 heteroatoms. The van der Waals surface area contributed by atoms with Gasteiger partial charge in [-0.3, -0.25) is 19.4 Å². The third-order valence-corrected chi connectivity index (χ3v) is 9.40. The third kappa shape index (κ3) is 5.35. The van der Waals surface area contributed by atoms with Gasteiger partial charge in [-0.2, -0.15) is 9.98 Å². The number of hydrogen-bond acceptors (Lipinski definition) is 15. The minimum Gasteiger partial charge on any atom is -0.499 e. The maximum atomic E-state index is 14.2. The molecule has 0 saturated carbocycles. The van der Waals surface area contributed by atoms with Crippen molar-refractivity contribution in [3.63, 3.8) is 0 Å². The molecule has 266 valence electrons. The van der Waals surface area contributed by atoms with Gasteiger partial charge in [-0.15, -0.1) is 0 Å². The van der Waals surface area contributed by atoms with Crippen molar-refractivity contribution in [1.82, 2.24) is 0 Å². The van der Waals surface area contributed by atoms with Crippen LogP contribution in [0.2, 0.25) is 0 Å². The summed E-state index contributed by atoms with van der Waals surface area (Å²) in [5, 5.41) is 42.5. The number of benzene rings is 3. The van der Waals surface area contributed by atoms with Crippen LogP contribution < -0.4 is 20.1 Å². The summed E-state index contributed by atoms with van der Waals surface area (Å²) in [5.74, 6) is -2.97. The highest BCUT2D eigenvalue weighted by atomic mass is 16.7. The third-order valence-electron chi connectivity index (χ3n) is 9.40. The fraction of sp³-hybridized carbons (Fsp3) is 0.278. The van der Waals surface area contributed by atoms with Gasteiger partial charge in [0.15, 0.2) is 34.6 Å². The molecule has 3 aromatic rings. The molecule has 16 nitrogen and oxygen atoms in total. The summed E-state index contributed by atoms with van der Waals surface area (Å²) in [7, 11) is 0. The summed E-state index contributed by atoms with van der Waals surface area (Å²) >= 11 is 0. The van der Waals surface area contributed by atoms with Crippen molar-refractivity contribution in [2.75, 3.05) is 31.4 Å². The molecule has 6 N–H and O–H groups in total. The number of ketones is 2. The quantitative estimate of drug-likeness (QED) is 0.186. The van der Waals surface area contributed by atoms with Crippen LogP contribution in [0.1, 0.15) is 48.9 Å². The van der Waals surface area contributed by atoms with Crippen molar-refractivity contribution in [2.45, 2.75) is 36.6 Å². The lowest BCUT2D eigenvalue weighted by Crippen LogP contribution is -2.60. The summed E-state index contributed by atoms with van der Waals surface area (Å²) in [4.78, 5) is 55.0. The van der Waals surface area contributed by atoms with Gasteiger partial charge in [-0.1, -0.05) is 42.5 Å². The fourth-order valence-electron chi connectivity index (χ4n) is 6.95. The second-order valence-corrected chi connectivity index (χ2v) is 12.4. The van der Waals surface area contributed by atoms with Gasteiger partial charge in [0.05, 0.1) is 18.4 Å². The lowest BCUT2D eigenvalue weighted by Gasteiger charge is -2.40. The number of amidine groups is 1. The summed E-state index contributed by atoms with van der Waals surface area (Å²) in [6, 6.07) is 14.9. The SMILES string of the molecule is NC1=NC(=O)C2=NCN(c3ccccc3C3C=COCC4OC(Oc5c3cc3c(c5OCCO)C(=O)c5ccccc5C3=O)C(O)C(O)C4O)C2=N1. The van der Waals surface area contributed by atoms with Crippen LogP contribution in [0.15, 0.2) is 81.9 Å². The molecule has 1 aliphatic carbocycles. The van der Waals surface area contributed by atoms with E-state index in [9.17, 15) is 34.8 Å². The summed E-state index contributed by atoms with van der Waals surface area (Å²) < 4.78 is 24.2. The zero-order valence-corrected chi connectivity index (χ0v) is 27.2. The Morgan fingerprint density at radius 2 is 1.65 bits per heavy atom. The Labute approximate surface area is 294 Å². The predicted octanol–water partition coefficient (Wildman–Crippen LogP) is 0.167. The van der Waals surface area contributed by atoms with Crippen molar-refractivity contribution in [1.29, 1.82) is 0 Å². The van der Waals surface area contributed by atoms with Gasteiger partial charge in [-0.25, -0.2) is 0 Å². The minimum absolute atomic E-state index is 0.00556. The van der Waals surface area contributed by atoms with Gasteiger partial charge in [-0.05, 0) is 23.8 Å². The van der Waals surface area contributed by atoms with Crippen LogP contribution in [0.25, 0.3) is 0 Å². The number of amides is 1. The number of para-hydroxylation sites is 1. The number of aliphatic hydroxyl groups excluding tert-OH is 4. The first-order chi connectivity index (χ1) is 25.2. The number of hydrogen-bond donors (Lipinski definition) is 5. The fourth-order valence-corrected chi connectivity index (χ4v) is 6.95. The number of anilines is 1. The van der Waals surface area contributed by atoms with E-state index in [2.05, 4.69) is 15.0 Å². The highest BCUT2D eigenvalue weighted by Gasteiger charge is 2.47. The second-order valence-electron chi connectivity index (χ2n) is 12.4. The number of rotatable bonds is 5. The van der Waals surface area contributed by atoms with Gasteiger partial charge < -0.3 is 50.0 Å². The summed E-state index contributed by atoms with van der Waals surface area (Å²) in [5.41, 5.74) is 7.34. The van der Waals surface area contributed by atoms with E-state index in [1.165, 1.54) is 18.4 Å². The van der Waals surface area contributed by atoms with E-state index in [-0.39, 0.29) is 76.7 Å². The monoisotopic (exact) mass is 709 g/mol. The molecule has 6 atom stereocenters. The number of carbonyl (C=O) groups is 3. The van der Waals surface area contributed by atoms with Crippen LogP contribution in [0.5, 0.6) is 11.5 Å². The number of allylic oxidation sites excluding steroid dienone is 1. The van der Waals surface area contributed by atoms with Gasteiger partial charge in [0.2, 0.25) is 12.2 Å². The molecule has 0 spiro atoms. The number of ether oxygens (including phenoxy) is 4. The van der Waals surface area contributed by atoms with E-state index in [0.29, 0.717) is 11.3 Å². The molecule has 52 heavy (non-hydrogen) atoms. The summed E-state index contributed by atoms with van der Waals surface area (Å²) in [6.07, 6.45) is -4.85. The number of nitrogens with zero attached hydrogens (tertiary/aromatic N) is 4. The lowest BCUT2D eigenvalue weighted by molar-refractivity contribution is -0.277. The molecule has 0 aromatic heterocycles. The first-order valence-corrected chi connectivity index (χ1v) is 16.3. The van der Waals surface area contributed by atoms with E-state index in [1.807, 2.05) is 0 Å². The Hall–Kier alpha value is -5.78. The van der Waals surface area contributed by atoms with Crippen molar-refractivity contribution in [2.24, 2.45) is 20.7 Å². The molecular formula is C36H31N5O11. The Bertz CT molecular complexity index is 2150. The average molecular weight is 710 g/mol. The normalized spacial score (nSPS) is 26.3. The zero-order chi connectivity index (χ0) is 36.3. The molecule has 5 aliphatic rings. The molecule has 4 aliphatic heterocycles. The highest BCUT2D eigenvalue weighted by Crippen LogP contribution is 2.49. The molecule has 8 rings (SSSR count). The first-order valence-electron chi connectivity index (χ1n) is 16.3. The van der Waals surface area contributed by atoms with E-state index in [4.69, 9.17) is 24.7 Å². The molecule has 0 radical (unpaired) electrons. The maximum absolute atomic E-state index is 14.2. The number of carbonyl (C=O) groups excluding carboxylic acids is 3. The first kappa shape index (κ1) is 33.4. The molecule has 1 fully saturated rings. The van der Waals surface area contributed by atoms with E-state index in [1.54, 1.807) is 53.4 Å². The van der Waals surface area contributed by atoms with Crippen LogP contribution in [0, 0.1) is 0 Å². The molecule has 3 aromatic carbocycles. The predicted molar refractivity (Wildman–Crippen MR) is 182 cm³/mol. The number of nitrogens with two attached hydrogens (primary N) is 1. The number of aliphatic imine (C=N–C) groups is 3. The van der Waals surface area contributed by atoms with Crippen molar-refractivity contribution < 1.29 is 53.8 Å². The molecule has 4 heterocycles. The number of fused-ring (bicyclic) bond motifs is 6. The van der Waals surface area contributed by atoms with Crippen LogP contribution in [0.3, 0.4) is 0 Å². The number of aliphatic hydroxyl groups is 4. The zero-order valence-electron chi connectivity index (χ0n) is 27.2. The van der Waals surface area contributed by atoms with Crippen LogP contribution >= 0.6 is 0 Å². The molecule has 6 unspecified atom stereocenters. The largest absolute Gasteiger partial charge is 0.499 e. The van der Waals surface area contributed by atoms with Gasteiger partial charge in [0.25, 0.3) is 0 Å². The van der Waals surface area contributed by atoms with Crippen molar-refractivity contribution in [3.05, 3.63) is 100 Å². The van der Waals surface area contributed by atoms with Crippen molar-refractivity contribution in [3.8, 4) is 11.5 Å². The molecule has 2 bridgehead atoms. The summed E-state index contributed by atoms with van der Waals surface area (Å²) in [6.45, 7) is -1.06. The smallest absolute Gasteiger partial charge is 0.302 e. The Morgan fingerprint density at radius 3 is 2.44 bits per heavy atom. The van der Waals surface area contributed by atoms with E-state index < -0.39 is 60.7 Å². The second kappa shape index (κ2) is 13.1. The van der Waals surface area contributed by atoms with E-state index >= 15 is 0 Å².